The van der Waals surface area contributed by atoms with Crippen LogP contribution in [0.2, 0.25) is 0 Å². The fourth-order valence-corrected chi connectivity index (χ4v) is 4.11. The highest BCUT2D eigenvalue weighted by molar-refractivity contribution is 7.10. The van der Waals surface area contributed by atoms with Gasteiger partial charge in [-0.25, -0.2) is 4.39 Å². The van der Waals surface area contributed by atoms with E-state index in [0.717, 1.165) is 4.88 Å². The lowest BCUT2D eigenvalue weighted by molar-refractivity contribution is -0.119. The maximum atomic E-state index is 13.2. The summed E-state index contributed by atoms with van der Waals surface area (Å²) in [5.74, 6) is -1.34. The fraction of sp³-hybridized carbons (Fsp3) is 0.350. The van der Waals surface area contributed by atoms with E-state index in [-0.39, 0.29) is 29.5 Å². The van der Waals surface area contributed by atoms with E-state index in [1.807, 2.05) is 38.3 Å². The van der Waals surface area contributed by atoms with Crippen LogP contribution in [0.25, 0.3) is 0 Å². The van der Waals surface area contributed by atoms with Crippen LogP contribution in [0.3, 0.4) is 0 Å². The Labute approximate surface area is 167 Å². The van der Waals surface area contributed by atoms with Gasteiger partial charge in [-0.15, -0.1) is 11.3 Å². The Hall–Kier alpha value is -2.74. The van der Waals surface area contributed by atoms with Crippen LogP contribution in [0.15, 0.2) is 46.9 Å². The summed E-state index contributed by atoms with van der Waals surface area (Å²) in [7, 11) is 0. The number of primary amides is 1. The summed E-state index contributed by atoms with van der Waals surface area (Å²) in [5.41, 5.74) is 6.02. The number of hydrazone groups is 1. The Balaban J connectivity index is 1.85. The topological polar surface area (TPSA) is 87.8 Å². The number of rotatable bonds is 5. The van der Waals surface area contributed by atoms with Crippen molar-refractivity contribution in [1.29, 1.82) is 0 Å². The lowest BCUT2D eigenvalue weighted by atomic mass is 9.85. The van der Waals surface area contributed by atoms with Gasteiger partial charge in [0.05, 0.1) is 11.7 Å². The zero-order chi connectivity index (χ0) is 20.5. The van der Waals surface area contributed by atoms with E-state index in [2.05, 4.69) is 10.4 Å². The van der Waals surface area contributed by atoms with E-state index in [0.29, 0.717) is 5.69 Å². The molecule has 2 aromatic rings. The van der Waals surface area contributed by atoms with Gasteiger partial charge in [0.2, 0.25) is 5.91 Å². The van der Waals surface area contributed by atoms with Gasteiger partial charge in [-0.1, -0.05) is 26.8 Å². The third-order valence-corrected chi connectivity index (χ3v) is 5.50. The highest BCUT2D eigenvalue weighted by atomic mass is 32.1. The molecule has 0 saturated carbocycles. The van der Waals surface area contributed by atoms with E-state index in [1.54, 1.807) is 11.3 Å². The number of hydrogen-bond acceptors (Lipinski definition) is 5. The van der Waals surface area contributed by atoms with Gasteiger partial charge in [0.25, 0.3) is 5.91 Å². The van der Waals surface area contributed by atoms with Crippen LogP contribution >= 0.6 is 11.3 Å². The Bertz CT molecular complexity index is 888. The van der Waals surface area contributed by atoms with Crippen LogP contribution in [0.5, 0.6) is 0 Å². The van der Waals surface area contributed by atoms with E-state index < -0.39 is 17.8 Å². The predicted octanol–water partition coefficient (Wildman–Crippen LogP) is 3.21. The smallest absolute Gasteiger partial charge is 0.268 e. The third-order valence-electron chi connectivity index (χ3n) is 4.56. The number of thiophene rings is 1. The minimum atomic E-state index is -0.791. The normalized spacial score (nSPS) is 17.9. The van der Waals surface area contributed by atoms with Crippen LogP contribution in [0, 0.1) is 11.2 Å². The predicted molar refractivity (Wildman–Crippen MR) is 109 cm³/mol. The van der Waals surface area contributed by atoms with Gasteiger partial charge in [0, 0.05) is 11.3 Å². The summed E-state index contributed by atoms with van der Waals surface area (Å²) in [5, 5.41) is 10.7. The van der Waals surface area contributed by atoms with Crippen molar-refractivity contribution in [3.63, 3.8) is 0 Å². The standard InChI is InChI=1S/C20H23FN4O2S/c1-20(2,3)17(16-5-4-10-28-16)23-19(27)14-11-15(18(22)26)25(24-14)13-8-6-12(21)7-9-13/h4-10,15,17H,11H2,1-3H3,(H2,22,26)(H,23,27). The molecular formula is C20H23FN4O2S. The molecule has 0 saturated heterocycles. The largest absolute Gasteiger partial charge is 0.368 e. The molecule has 0 aliphatic carbocycles. The Morgan fingerprint density at radius 3 is 2.50 bits per heavy atom. The van der Waals surface area contributed by atoms with Crippen LogP contribution < -0.4 is 16.1 Å². The molecule has 28 heavy (non-hydrogen) atoms. The van der Waals surface area contributed by atoms with Crippen LogP contribution in [-0.4, -0.2) is 23.6 Å². The molecule has 0 bridgehead atoms. The number of halogens is 1. The zero-order valence-electron chi connectivity index (χ0n) is 16.0. The lowest BCUT2D eigenvalue weighted by Crippen LogP contribution is -2.41. The molecule has 1 aliphatic rings. The summed E-state index contributed by atoms with van der Waals surface area (Å²) < 4.78 is 13.2. The summed E-state index contributed by atoms with van der Waals surface area (Å²) in [4.78, 5) is 25.9. The summed E-state index contributed by atoms with van der Waals surface area (Å²) in [6, 6.07) is 8.47. The SMILES string of the molecule is CC(C)(C)C(NC(=O)C1=NN(c2ccc(F)cc2)C(C(N)=O)C1)c1cccs1. The third kappa shape index (κ3) is 4.22. The molecule has 0 spiro atoms. The molecule has 0 fully saturated rings. The molecule has 2 heterocycles. The number of amides is 2. The second-order valence-electron chi connectivity index (χ2n) is 7.78. The van der Waals surface area contributed by atoms with Gasteiger partial charge in [-0.3, -0.25) is 14.6 Å². The number of carbonyl (C=O) groups excluding carboxylic acids is 2. The molecule has 3 N–H and O–H groups in total. The summed E-state index contributed by atoms with van der Waals surface area (Å²) in [6.07, 6.45) is 0.0971. The van der Waals surface area contributed by atoms with Gasteiger partial charge in [-0.05, 0) is 41.1 Å². The van der Waals surface area contributed by atoms with Crippen molar-refractivity contribution >= 4 is 34.6 Å². The second-order valence-corrected chi connectivity index (χ2v) is 8.76. The van der Waals surface area contributed by atoms with Crippen LogP contribution in [0.1, 0.15) is 38.1 Å². The molecule has 1 aliphatic heterocycles. The molecule has 6 nitrogen and oxygen atoms in total. The lowest BCUT2D eigenvalue weighted by Gasteiger charge is -2.30. The van der Waals surface area contributed by atoms with Crippen LogP contribution in [0.4, 0.5) is 10.1 Å². The molecule has 8 heteroatoms. The van der Waals surface area contributed by atoms with E-state index in [1.165, 1.54) is 29.3 Å². The number of hydrogen-bond donors (Lipinski definition) is 2. The zero-order valence-corrected chi connectivity index (χ0v) is 16.8. The van der Waals surface area contributed by atoms with Crippen molar-refractivity contribution in [2.75, 3.05) is 5.01 Å². The van der Waals surface area contributed by atoms with Gasteiger partial charge in [0.15, 0.2) is 0 Å². The molecule has 2 amide bonds. The monoisotopic (exact) mass is 402 g/mol. The molecule has 2 unspecified atom stereocenters. The molecule has 1 aromatic carbocycles. The van der Waals surface area contributed by atoms with Crippen molar-refractivity contribution < 1.29 is 14.0 Å². The maximum absolute atomic E-state index is 13.2. The number of nitrogens with two attached hydrogens (primary N) is 1. The maximum Gasteiger partial charge on any atom is 0.268 e. The highest BCUT2D eigenvalue weighted by Crippen LogP contribution is 2.35. The average molecular weight is 402 g/mol. The molecule has 3 rings (SSSR count). The summed E-state index contributed by atoms with van der Waals surface area (Å²) in [6.45, 7) is 6.14. The molecular weight excluding hydrogens is 379 g/mol. The first-order valence-corrected chi connectivity index (χ1v) is 9.80. The number of nitrogens with one attached hydrogen (secondary N) is 1. The molecule has 148 valence electrons. The Morgan fingerprint density at radius 1 is 1.29 bits per heavy atom. The van der Waals surface area contributed by atoms with Crippen molar-refractivity contribution in [2.45, 2.75) is 39.3 Å². The van der Waals surface area contributed by atoms with E-state index in [4.69, 9.17) is 5.73 Å². The first-order chi connectivity index (χ1) is 13.2. The first kappa shape index (κ1) is 20.0. The van der Waals surface area contributed by atoms with Crippen molar-refractivity contribution in [1.82, 2.24) is 5.32 Å². The van der Waals surface area contributed by atoms with Crippen molar-refractivity contribution in [3.8, 4) is 0 Å². The van der Waals surface area contributed by atoms with Gasteiger partial charge in [-0.2, -0.15) is 5.10 Å². The van der Waals surface area contributed by atoms with Crippen LogP contribution in [-0.2, 0) is 9.59 Å². The second kappa shape index (κ2) is 7.71. The molecule has 2 atom stereocenters. The van der Waals surface area contributed by atoms with Crippen molar-refractivity contribution in [3.05, 3.63) is 52.5 Å². The molecule has 1 aromatic heterocycles. The average Bonchev–Trinajstić information content (AvgIpc) is 3.29. The minimum Gasteiger partial charge on any atom is -0.368 e. The number of nitrogens with zero attached hydrogens (tertiary/aromatic N) is 2. The Kier molecular flexibility index (Phi) is 5.51. The number of anilines is 1. The molecule has 0 radical (unpaired) electrons. The minimum absolute atomic E-state index is 0.0971. The quantitative estimate of drug-likeness (QED) is 0.805. The fourth-order valence-electron chi connectivity index (χ4n) is 3.09. The van der Waals surface area contributed by atoms with Crippen molar-refractivity contribution in [2.24, 2.45) is 16.3 Å². The van der Waals surface area contributed by atoms with Gasteiger partial charge in [0.1, 0.15) is 17.6 Å². The number of benzene rings is 1. The Morgan fingerprint density at radius 2 is 1.96 bits per heavy atom. The van der Waals surface area contributed by atoms with E-state index >= 15 is 0 Å². The van der Waals surface area contributed by atoms with Gasteiger partial charge >= 0.3 is 0 Å². The van der Waals surface area contributed by atoms with E-state index in [9.17, 15) is 14.0 Å². The van der Waals surface area contributed by atoms with Gasteiger partial charge < -0.3 is 11.1 Å². The number of carbonyl (C=O) groups is 2. The summed E-state index contributed by atoms with van der Waals surface area (Å²) >= 11 is 1.57. The first-order valence-electron chi connectivity index (χ1n) is 8.92. The highest BCUT2D eigenvalue weighted by Gasteiger charge is 2.37.